The van der Waals surface area contributed by atoms with Crippen molar-refractivity contribution in [1.29, 1.82) is 0 Å². The molecule has 1 aromatic heterocycles. The van der Waals surface area contributed by atoms with Gasteiger partial charge in [-0.05, 0) is 31.0 Å². The lowest BCUT2D eigenvalue weighted by molar-refractivity contribution is -0.306. The van der Waals surface area contributed by atoms with Crippen LogP contribution in [0.3, 0.4) is 0 Å². The van der Waals surface area contributed by atoms with E-state index in [9.17, 15) is 14.7 Å². The van der Waals surface area contributed by atoms with Crippen molar-refractivity contribution in [2.24, 2.45) is 0 Å². The third-order valence-electron chi connectivity index (χ3n) is 2.51. The van der Waals surface area contributed by atoms with Crippen LogP contribution in [0.15, 0.2) is 16.9 Å². The summed E-state index contributed by atoms with van der Waals surface area (Å²) in [4.78, 5) is 24.7. The van der Waals surface area contributed by atoms with E-state index in [0.717, 1.165) is 11.1 Å². The summed E-state index contributed by atoms with van der Waals surface area (Å²) in [6, 6.07) is 3.71. The standard InChI is InChI=1S/C11H12N2O3/c1-6-3-7(2)10-8(4-6)13(5-9(14)15)11(16)12-10/h3-4H,5H2,1-2H3,(H,12,16)(H,14,15)/p-1. The Morgan fingerprint density at radius 1 is 1.44 bits per heavy atom. The summed E-state index contributed by atoms with van der Waals surface area (Å²) in [5.74, 6) is -1.28. The highest BCUT2D eigenvalue weighted by molar-refractivity contribution is 5.81. The largest absolute Gasteiger partial charge is 0.548 e. The second-order valence-corrected chi connectivity index (χ2v) is 3.86. The fourth-order valence-corrected chi connectivity index (χ4v) is 1.89. The van der Waals surface area contributed by atoms with Crippen LogP contribution >= 0.6 is 0 Å². The molecule has 0 amide bonds. The first-order valence-electron chi connectivity index (χ1n) is 4.88. The first-order chi connectivity index (χ1) is 7.49. The van der Waals surface area contributed by atoms with Crippen LogP contribution in [0.25, 0.3) is 11.0 Å². The van der Waals surface area contributed by atoms with Crippen LogP contribution in [-0.2, 0) is 11.3 Å². The lowest BCUT2D eigenvalue weighted by Gasteiger charge is -2.05. The van der Waals surface area contributed by atoms with E-state index < -0.39 is 18.2 Å². The molecule has 0 radical (unpaired) electrons. The van der Waals surface area contributed by atoms with Gasteiger partial charge in [0.05, 0.1) is 23.5 Å². The summed E-state index contributed by atoms with van der Waals surface area (Å²) in [5.41, 5.74) is 2.76. The fourth-order valence-electron chi connectivity index (χ4n) is 1.89. The van der Waals surface area contributed by atoms with Gasteiger partial charge in [0.1, 0.15) is 0 Å². The summed E-state index contributed by atoms with van der Waals surface area (Å²) in [6.45, 7) is 3.34. The molecular formula is C11H11N2O3-. The van der Waals surface area contributed by atoms with Gasteiger partial charge in [-0.2, -0.15) is 0 Å². The van der Waals surface area contributed by atoms with E-state index in [1.54, 1.807) is 6.07 Å². The summed E-state index contributed by atoms with van der Waals surface area (Å²) in [7, 11) is 0. The van der Waals surface area contributed by atoms with E-state index in [2.05, 4.69) is 4.98 Å². The zero-order valence-corrected chi connectivity index (χ0v) is 9.03. The average Bonchev–Trinajstić information content (AvgIpc) is 2.45. The average molecular weight is 219 g/mol. The van der Waals surface area contributed by atoms with Crippen LogP contribution in [0, 0.1) is 13.8 Å². The number of rotatable bonds is 2. The molecule has 0 fully saturated rings. The Bertz CT molecular complexity index is 622. The van der Waals surface area contributed by atoms with Gasteiger partial charge in [0, 0.05) is 0 Å². The number of nitrogens with one attached hydrogen (secondary N) is 1. The first-order valence-corrected chi connectivity index (χ1v) is 4.88. The number of carboxylic acid groups (broad SMARTS) is 1. The molecule has 1 N–H and O–H groups in total. The molecule has 0 unspecified atom stereocenters. The highest BCUT2D eigenvalue weighted by Gasteiger charge is 2.08. The van der Waals surface area contributed by atoms with E-state index in [-0.39, 0.29) is 0 Å². The number of aromatic amines is 1. The van der Waals surface area contributed by atoms with Crippen molar-refractivity contribution in [3.8, 4) is 0 Å². The maximum absolute atomic E-state index is 11.6. The zero-order valence-electron chi connectivity index (χ0n) is 9.03. The number of nitrogens with zero attached hydrogens (tertiary/aromatic N) is 1. The summed E-state index contributed by atoms with van der Waals surface area (Å²) in [6.07, 6.45) is 0. The second-order valence-electron chi connectivity index (χ2n) is 3.86. The van der Waals surface area contributed by atoms with Crippen molar-refractivity contribution in [3.63, 3.8) is 0 Å². The van der Waals surface area contributed by atoms with Crippen molar-refractivity contribution in [2.45, 2.75) is 20.4 Å². The Labute approximate surface area is 91.3 Å². The molecule has 0 aliphatic rings. The molecule has 5 heteroatoms. The maximum atomic E-state index is 11.6. The number of carbonyl (C=O) groups excluding carboxylic acids is 1. The molecule has 0 aliphatic carbocycles. The Balaban J connectivity index is 2.78. The number of imidazole rings is 1. The predicted molar refractivity (Wildman–Crippen MR) is 57.0 cm³/mol. The molecule has 0 aliphatic heterocycles. The molecule has 16 heavy (non-hydrogen) atoms. The summed E-state index contributed by atoms with van der Waals surface area (Å²) >= 11 is 0. The van der Waals surface area contributed by atoms with Crippen LogP contribution in [0.2, 0.25) is 0 Å². The molecule has 0 atom stereocenters. The summed E-state index contributed by atoms with van der Waals surface area (Å²) < 4.78 is 1.17. The quantitative estimate of drug-likeness (QED) is 0.753. The number of carboxylic acids is 1. The van der Waals surface area contributed by atoms with Gasteiger partial charge < -0.3 is 14.9 Å². The minimum atomic E-state index is -1.28. The molecular weight excluding hydrogens is 208 g/mol. The topological polar surface area (TPSA) is 77.9 Å². The number of hydrogen-bond donors (Lipinski definition) is 1. The predicted octanol–water partition coefficient (Wildman–Crippen LogP) is -0.304. The van der Waals surface area contributed by atoms with E-state index in [1.165, 1.54) is 4.57 Å². The van der Waals surface area contributed by atoms with Crippen LogP contribution in [0.5, 0.6) is 0 Å². The molecule has 5 nitrogen and oxygen atoms in total. The zero-order chi connectivity index (χ0) is 11.9. The second kappa shape index (κ2) is 3.52. The molecule has 2 rings (SSSR count). The lowest BCUT2D eigenvalue weighted by Crippen LogP contribution is -2.31. The Hall–Kier alpha value is -2.04. The number of aromatic nitrogens is 2. The van der Waals surface area contributed by atoms with Gasteiger partial charge >= 0.3 is 5.69 Å². The van der Waals surface area contributed by atoms with Gasteiger partial charge in [0.15, 0.2) is 0 Å². The number of aliphatic carboxylic acids is 1. The van der Waals surface area contributed by atoms with E-state index in [4.69, 9.17) is 0 Å². The van der Waals surface area contributed by atoms with Crippen molar-refractivity contribution >= 4 is 17.0 Å². The maximum Gasteiger partial charge on any atom is 0.326 e. The van der Waals surface area contributed by atoms with Gasteiger partial charge in [-0.1, -0.05) is 6.07 Å². The number of hydrogen-bond acceptors (Lipinski definition) is 3. The highest BCUT2D eigenvalue weighted by atomic mass is 16.4. The van der Waals surface area contributed by atoms with Crippen LogP contribution in [-0.4, -0.2) is 15.5 Å². The van der Waals surface area contributed by atoms with Crippen LogP contribution in [0.1, 0.15) is 11.1 Å². The number of carbonyl (C=O) groups is 1. The van der Waals surface area contributed by atoms with Crippen LogP contribution in [0.4, 0.5) is 0 Å². The lowest BCUT2D eigenvalue weighted by atomic mass is 10.1. The van der Waals surface area contributed by atoms with Crippen molar-refractivity contribution in [2.75, 3.05) is 0 Å². The van der Waals surface area contributed by atoms with Gasteiger partial charge in [0.25, 0.3) is 0 Å². The van der Waals surface area contributed by atoms with E-state index in [1.807, 2.05) is 19.9 Å². The number of H-pyrrole nitrogens is 1. The molecule has 0 saturated carbocycles. The number of fused-ring (bicyclic) bond motifs is 1. The van der Waals surface area contributed by atoms with Crippen LogP contribution < -0.4 is 10.8 Å². The molecule has 84 valence electrons. The molecule has 1 aromatic carbocycles. The fraction of sp³-hybridized carbons (Fsp3) is 0.273. The third-order valence-corrected chi connectivity index (χ3v) is 2.51. The number of aryl methyl sites for hydroxylation is 2. The Kier molecular flexibility index (Phi) is 2.30. The normalized spacial score (nSPS) is 10.9. The first kappa shape index (κ1) is 10.5. The Morgan fingerprint density at radius 2 is 2.12 bits per heavy atom. The molecule has 0 saturated heterocycles. The monoisotopic (exact) mass is 219 g/mol. The SMILES string of the molecule is Cc1cc(C)c2[nH]c(=O)n(CC(=O)[O-])c2c1. The van der Waals surface area contributed by atoms with Crippen molar-refractivity contribution < 1.29 is 9.90 Å². The molecule has 1 heterocycles. The molecule has 0 bridgehead atoms. The smallest absolute Gasteiger partial charge is 0.326 e. The highest BCUT2D eigenvalue weighted by Crippen LogP contribution is 2.17. The number of benzene rings is 1. The molecule has 2 aromatic rings. The minimum Gasteiger partial charge on any atom is -0.548 e. The summed E-state index contributed by atoms with van der Waals surface area (Å²) in [5, 5.41) is 10.5. The molecule has 0 spiro atoms. The van der Waals surface area contributed by atoms with Gasteiger partial charge in [-0.15, -0.1) is 0 Å². The van der Waals surface area contributed by atoms with Crippen molar-refractivity contribution in [1.82, 2.24) is 9.55 Å². The van der Waals surface area contributed by atoms with Gasteiger partial charge in [-0.25, -0.2) is 4.79 Å². The van der Waals surface area contributed by atoms with E-state index >= 15 is 0 Å². The third kappa shape index (κ3) is 1.60. The van der Waals surface area contributed by atoms with E-state index in [0.29, 0.717) is 11.0 Å². The van der Waals surface area contributed by atoms with Gasteiger partial charge in [-0.3, -0.25) is 4.57 Å². The van der Waals surface area contributed by atoms with Crippen molar-refractivity contribution in [3.05, 3.63) is 33.7 Å². The Morgan fingerprint density at radius 3 is 2.75 bits per heavy atom. The minimum absolute atomic E-state index is 0.423. The van der Waals surface area contributed by atoms with Gasteiger partial charge in [0.2, 0.25) is 0 Å².